The zero-order valence-electron chi connectivity index (χ0n) is 12.2. The van der Waals surface area contributed by atoms with Crippen LogP contribution >= 0.6 is 0 Å². The van der Waals surface area contributed by atoms with E-state index >= 15 is 0 Å². The van der Waals surface area contributed by atoms with Crippen molar-refractivity contribution in [3.05, 3.63) is 29.8 Å². The fraction of sp³-hybridized carbons (Fsp3) is 0.533. The number of sulfone groups is 1. The number of hydrogen-bond acceptors (Lipinski definition) is 6. The maximum Gasteiger partial charge on any atom is 0.321 e. The minimum atomic E-state index is -3.71. The Kier molecular flexibility index (Phi) is 5.93. The second-order valence-corrected chi connectivity index (χ2v) is 7.17. The summed E-state index contributed by atoms with van der Waals surface area (Å²) in [6, 6.07) is 6.16. The van der Waals surface area contributed by atoms with Gasteiger partial charge in [0.15, 0.2) is 15.6 Å². The first kappa shape index (κ1) is 16.9. The molecule has 2 rings (SSSR count). The molecule has 0 aliphatic carbocycles. The number of esters is 1. The minimum Gasteiger partial charge on any atom is -0.461 e. The molecular formula is C15H20O6S. The van der Waals surface area contributed by atoms with E-state index in [4.69, 9.17) is 14.6 Å². The Morgan fingerprint density at radius 3 is 2.45 bits per heavy atom. The lowest BCUT2D eigenvalue weighted by Crippen LogP contribution is -2.29. The first-order chi connectivity index (χ1) is 10.5. The van der Waals surface area contributed by atoms with Crippen molar-refractivity contribution in [3.63, 3.8) is 0 Å². The molecule has 1 aliphatic heterocycles. The topological polar surface area (TPSA) is 89.9 Å². The summed E-state index contributed by atoms with van der Waals surface area (Å²) in [7, 11) is -3.71. The van der Waals surface area contributed by atoms with Gasteiger partial charge in [0, 0.05) is 19.4 Å². The molecule has 0 atom stereocenters. The summed E-state index contributed by atoms with van der Waals surface area (Å²) in [5.74, 6) is -1.39. The van der Waals surface area contributed by atoms with Gasteiger partial charge in [-0.1, -0.05) is 12.1 Å². The van der Waals surface area contributed by atoms with Crippen molar-refractivity contribution < 1.29 is 27.8 Å². The average Bonchev–Trinajstić information content (AvgIpc) is 2.48. The highest BCUT2D eigenvalue weighted by Crippen LogP contribution is 2.15. The predicted molar refractivity (Wildman–Crippen MR) is 79.2 cm³/mol. The van der Waals surface area contributed by atoms with E-state index in [0.29, 0.717) is 32.5 Å². The van der Waals surface area contributed by atoms with Gasteiger partial charge in [0.25, 0.3) is 0 Å². The van der Waals surface area contributed by atoms with Gasteiger partial charge in [-0.2, -0.15) is 0 Å². The third kappa shape index (κ3) is 4.79. The third-order valence-corrected chi connectivity index (χ3v) is 5.06. The van der Waals surface area contributed by atoms with Crippen molar-refractivity contribution in [1.82, 2.24) is 0 Å². The summed E-state index contributed by atoms with van der Waals surface area (Å²) in [4.78, 5) is 11.9. The molecule has 22 heavy (non-hydrogen) atoms. The molecular weight excluding hydrogens is 308 g/mol. The van der Waals surface area contributed by atoms with Crippen molar-refractivity contribution in [2.75, 3.05) is 25.6 Å². The van der Waals surface area contributed by atoms with E-state index < -0.39 is 21.6 Å². The summed E-state index contributed by atoms with van der Waals surface area (Å²) in [6.45, 7) is 1.05. The molecule has 0 spiro atoms. The number of benzene rings is 1. The number of aliphatic hydroxyl groups excluding tert-OH is 1. The molecule has 1 heterocycles. The summed E-state index contributed by atoms with van der Waals surface area (Å²) < 4.78 is 34.7. The molecule has 1 fully saturated rings. The highest BCUT2D eigenvalue weighted by Gasteiger charge is 2.24. The lowest BCUT2D eigenvalue weighted by Gasteiger charge is -2.22. The van der Waals surface area contributed by atoms with Crippen LogP contribution in [0.1, 0.15) is 18.4 Å². The van der Waals surface area contributed by atoms with Gasteiger partial charge in [0.05, 0.1) is 18.1 Å². The molecule has 1 saturated heterocycles. The Balaban J connectivity index is 1.95. The molecule has 1 aliphatic rings. The first-order valence-corrected chi connectivity index (χ1v) is 8.86. The molecule has 7 heteroatoms. The second kappa shape index (κ2) is 7.71. The number of carbonyl (C=O) groups excluding carboxylic acids is 1. The van der Waals surface area contributed by atoms with Crippen LogP contribution in [0.2, 0.25) is 0 Å². The maximum absolute atomic E-state index is 12.2. The number of rotatable bonds is 6. The zero-order chi connectivity index (χ0) is 16.0. The van der Waals surface area contributed by atoms with Crippen LogP contribution in [0, 0.1) is 0 Å². The SMILES string of the molecule is O=C(CS(=O)(=O)c1ccc(CCO)cc1)OC1CCOCC1. The molecule has 0 saturated carbocycles. The van der Waals surface area contributed by atoms with E-state index in [2.05, 4.69) is 0 Å². The van der Waals surface area contributed by atoms with Gasteiger partial charge >= 0.3 is 5.97 Å². The Hall–Kier alpha value is -1.44. The fourth-order valence-corrected chi connectivity index (χ4v) is 3.34. The molecule has 0 unspecified atom stereocenters. The van der Waals surface area contributed by atoms with Crippen molar-refractivity contribution in [3.8, 4) is 0 Å². The predicted octanol–water partition coefficient (Wildman–Crippen LogP) is 0.717. The molecule has 1 aromatic carbocycles. The lowest BCUT2D eigenvalue weighted by atomic mass is 10.2. The van der Waals surface area contributed by atoms with Gasteiger partial charge in [-0.3, -0.25) is 4.79 Å². The van der Waals surface area contributed by atoms with Crippen molar-refractivity contribution in [2.45, 2.75) is 30.3 Å². The second-order valence-electron chi connectivity index (χ2n) is 5.18. The van der Waals surface area contributed by atoms with Gasteiger partial charge < -0.3 is 14.6 Å². The molecule has 1 aromatic rings. The zero-order valence-corrected chi connectivity index (χ0v) is 13.0. The van der Waals surface area contributed by atoms with Gasteiger partial charge in [-0.25, -0.2) is 8.42 Å². The summed E-state index contributed by atoms with van der Waals surface area (Å²) in [5.41, 5.74) is 0.839. The van der Waals surface area contributed by atoms with Crippen LogP contribution in [0.4, 0.5) is 0 Å². The fourth-order valence-electron chi connectivity index (χ4n) is 2.24. The number of carbonyl (C=O) groups is 1. The van der Waals surface area contributed by atoms with E-state index in [1.54, 1.807) is 12.1 Å². The van der Waals surface area contributed by atoms with Crippen LogP contribution in [0.3, 0.4) is 0 Å². The van der Waals surface area contributed by atoms with E-state index in [9.17, 15) is 13.2 Å². The van der Waals surface area contributed by atoms with E-state index in [1.165, 1.54) is 12.1 Å². The molecule has 0 aromatic heterocycles. The lowest BCUT2D eigenvalue weighted by molar-refractivity contribution is -0.149. The minimum absolute atomic E-state index is 0.00350. The highest BCUT2D eigenvalue weighted by molar-refractivity contribution is 7.92. The number of aliphatic hydroxyl groups is 1. The largest absolute Gasteiger partial charge is 0.461 e. The van der Waals surface area contributed by atoms with Crippen molar-refractivity contribution in [1.29, 1.82) is 0 Å². The van der Waals surface area contributed by atoms with Crippen molar-refractivity contribution in [2.24, 2.45) is 0 Å². The van der Waals surface area contributed by atoms with Crippen LogP contribution in [-0.4, -0.2) is 51.2 Å². The molecule has 0 radical (unpaired) electrons. The quantitative estimate of drug-likeness (QED) is 0.774. The standard InChI is InChI=1S/C15H20O6S/c16-8-5-12-1-3-14(4-2-12)22(18,19)11-15(17)21-13-6-9-20-10-7-13/h1-4,13,16H,5-11H2. The smallest absolute Gasteiger partial charge is 0.321 e. The molecule has 122 valence electrons. The van der Waals surface area contributed by atoms with E-state index in [1.807, 2.05) is 0 Å². The van der Waals surface area contributed by atoms with Crippen LogP contribution in [-0.2, 0) is 30.5 Å². The Labute approximate surface area is 130 Å². The Morgan fingerprint density at radius 2 is 1.86 bits per heavy atom. The van der Waals surface area contributed by atoms with Crippen LogP contribution < -0.4 is 0 Å². The molecule has 1 N–H and O–H groups in total. The summed E-state index contributed by atoms with van der Waals surface area (Å²) >= 11 is 0. The first-order valence-electron chi connectivity index (χ1n) is 7.21. The molecule has 0 bridgehead atoms. The maximum atomic E-state index is 12.2. The van der Waals surface area contributed by atoms with Crippen LogP contribution in [0.15, 0.2) is 29.2 Å². The monoisotopic (exact) mass is 328 g/mol. The van der Waals surface area contributed by atoms with Gasteiger partial charge in [-0.15, -0.1) is 0 Å². The van der Waals surface area contributed by atoms with Crippen LogP contribution in [0.5, 0.6) is 0 Å². The summed E-state index contributed by atoms with van der Waals surface area (Å²) in [6.07, 6.45) is 1.40. The van der Waals surface area contributed by atoms with Crippen LogP contribution in [0.25, 0.3) is 0 Å². The number of ether oxygens (including phenoxy) is 2. The molecule has 0 amide bonds. The highest BCUT2D eigenvalue weighted by atomic mass is 32.2. The number of hydrogen-bond donors (Lipinski definition) is 1. The summed E-state index contributed by atoms with van der Waals surface area (Å²) in [5, 5.41) is 8.84. The molecule has 6 nitrogen and oxygen atoms in total. The Morgan fingerprint density at radius 1 is 1.23 bits per heavy atom. The van der Waals surface area contributed by atoms with Gasteiger partial charge in [-0.05, 0) is 24.1 Å². The Bertz CT molecular complexity index is 587. The average molecular weight is 328 g/mol. The van der Waals surface area contributed by atoms with E-state index in [-0.39, 0.29) is 17.6 Å². The third-order valence-electron chi connectivity index (χ3n) is 3.46. The van der Waals surface area contributed by atoms with Gasteiger partial charge in [0.2, 0.25) is 0 Å². The van der Waals surface area contributed by atoms with E-state index in [0.717, 1.165) is 5.56 Å². The normalized spacial score (nSPS) is 16.4. The van der Waals surface area contributed by atoms with Gasteiger partial charge in [0.1, 0.15) is 6.10 Å². The van der Waals surface area contributed by atoms with Crippen molar-refractivity contribution >= 4 is 15.8 Å².